The normalized spacial score (nSPS) is 14.2. The van der Waals surface area contributed by atoms with Crippen LogP contribution in [0.15, 0.2) is 72.8 Å². The van der Waals surface area contributed by atoms with Gasteiger partial charge in [-0.25, -0.2) is 8.42 Å². The number of sulfonamides is 1. The molecule has 3 aromatic carbocycles. The van der Waals surface area contributed by atoms with Gasteiger partial charge in [0, 0.05) is 11.3 Å². The number of fused-ring (bicyclic) bond motifs is 1. The minimum absolute atomic E-state index is 0.0105. The molecule has 4 rings (SSSR count). The van der Waals surface area contributed by atoms with Crippen LogP contribution >= 0.6 is 0 Å². The van der Waals surface area contributed by atoms with Crippen LogP contribution in [0.4, 0.5) is 11.4 Å². The minimum Gasteiger partial charge on any atom is -0.367 e. The number of amides is 1. The average molecular weight is 423 g/mol. The highest BCUT2D eigenvalue weighted by molar-refractivity contribution is 7.92. The lowest BCUT2D eigenvalue weighted by molar-refractivity contribution is -0.123. The van der Waals surface area contributed by atoms with Crippen LogP contribution in [0.25, 0.3) is 11.1 Å². The smallest absolute Gasteiger partial charge is 0.253 e. The Kier molecular flexibility index (Phi) is 5.57. The second-order valence-corrected chi connectivity index (χ2v) is 8.97. The first-order chi connectivity index (χ1) is 14.4. The molecule has 0 saturated heterocycles. The first-order valence-corrected chi connectivity index (χ1v) is 11.4. The zero-order valence-corrected chi connectivity index (χ0v) is 17.4. The molecule has 1 N–H and O–H groups in total. The van der Waals surface area contributed by atoms with E-state index in [9.17, 15) is 13.2 Å². The first-order valence-electron chi connectivity index (χ1n) is 9.53. The Morgan fingerprint density at radius 1 is 0.967 bits per heavy atom. The summed E-state index contributed by atoms with van der Waals surface area (Å²) in [5.41, 5.74) is 4.97. The third kappa shape index (κ3) is 4.53. The lowest BCUT2D eigenvalue weighted by Crippen LogP contribution is -2.32. The molecule has 1 amide bonds. The fourth-order valence-corrected chi connectivity index (χ4v) is 4.16. The summed E-state index contributed by atoms with van der Waals surface area (Å²) in [6.45, 7) is 0.762. The van der Waals surface area contributed by atoms with E-state index in [2.05, 4.69) is 4.72 Å². The highest BCUT2D eigenvalue weighted by atomic mass is 32.2. The highest BCUT2D eigenvalue weighted by Crippen LogP contribution is 2.35. The van der Waals surface area contributed by atoms with Crippen molar-refractivity contribution in [2.75, 3.05) is 22.5 Å². The van der Waals surface area contributed by atoms with E-state index in [1.165, 1.54) is 0 Å². The molecule has 0 radical (unpaired) electrons. The van der Waals surface area contributed by atoms with Gasteiger partial charge in [0.2, 0.25) is 10.0 Å². The van der Waals surface area contributed by atoms with Crippen molar-refractivity contribution in [3.63, 3.8) is 0 Å². The minimum atomic E-state index is -3.38. The molecule has 0 saturated carbocycles. The van der Waals surface area contributed by atoms with E-state index in [1.54, 1.807) is 23.1 Å². The van der Waals surface area contributed by atoms with Crippen LogP contribution in [0, 0.1) is 0 Å². The van der Waals surface area contributed by atoms with Crippen molar-refractivity contribution in [1.29, 1.82) is 0 Å². The van der Waals surface area contributed by atoms with Crippen molar-refractivity contribution < 1.29 is 17.9 Å². The molecule has 30 heavy (non-hydrogen) atoms. The number of nitrogens with one attached hydrogen (secondary N) is 1. The van der Waals surface area contributed by atoms with Crippen LogP contribution in [-0.2, 0) is 32.7 Å². The lowest BCUT2D eigenvalue weighted by Gasteiger charge is -2.24. The summed E-state index contributed by atoms with van der Waals surface area (Å²) in [5.74, 6) is -0.0951. The van der Waals surface area contributed by atoms with Gasteiger partial charge in [0.25, 0.3) is 5.91 Å². The maximum atomic E-state index is 12.8. The third-order valence-electron chi connectivity index (χ3n) is 4.88. The largest absolute Gasteiger partial charge is 0.367 e. The predicted molar refractivity (Wildman–Crippen MR) is 118 cm³/mol. The van der Waals surface area contributed by atoms with E-state index < -0.39 is 10.0 Å². The van der Waals surface area contributed by atoms with Gasteiger partial charge in [-0.2, -0.15) is 0 Å². The number of ether oxygens (including phenoxy) is 1. The molecule has 1 heterocycles. The molecule has 0 atom stereocenters. The Hall–Kier alpha value is -3.16. The predicted octanol–water partition coefficient (Wildman–Crippen LogP) is 3.79. The summed E-state index contributed by atoms with van der Waals surface area (Å²) < 4.78 is 31.4. The maximum Gasteiger partial charge on any atom is 0.253 e. The van der Waals surface area contributed by atoms with Gasteiger partial charge >= 0.3 is 0 Å². The number of nitrogens with zero attached hydrogens (tertiary/aromatic N) is 1. The van der Waals surface area contributed by atoms with Gasteiger partial charge in [-0.15, -0.1) is 0 Å². The molecular weight excluding hydrogens is 400 g/mol. The number of benzene rings is 3. The number of hydrogen-bond acceptors (Lipinski definition) is 4. The van der Waals surface area contributed by atoms with Crippen molar-refractivity contribution in [1.82, 2.24) is 0 Å². The van der Waals surface area contributed by atoms with Gasteiger partial charge < -0.3 is 9.64 Å². The summed E-state index contributed by atoms with van der Waals surface area (Å²) in [4.78, 5) is 14.5. The summed E-state index contributed by atoms with van der Waals surface area (Å²) in [6.07, 6.45) is 1.12. The second-order valence-electron chi connectivity index (χ2n) is 7.22. The number of hydrogen-bond donors (Lipinski definition) is 1. The van der Waals surface area contributed by atoms with Crippen LogP contribution < -0.4 is 9.62 Å². The Morgan fingerprint density at radius 3 is 2.50 bits per heavy atom. The van der Waals surface area contributed by atoms with Crippen LogP contribution in [0.5, 0.6) is 0 Å². The molecule has 7 heteroatoms. The molecular formula is C23H22N2O4S. The van der Waals surface area contributed by atoms with E-state index in [0.29, 0.717) is 18.8 Å². The van der Waals surface area contributed by atoms with Gasteiger partial charge in [0.05, 0.1) is 25.1 Å². The molecule has 1 aliphatic heterocycles. The van der Waals surface area contributed by atoms with Crippen LogP contribution in [0.2, 0.25) is 0 Å². The van der Waals surface area contributed by atoms with Gasteiger partial charge in [0.15, 0.2) is 0 Å². The number of rotatable bonds is 5. The van der Waals surface area contributed by atoms with Crippen molar-refractivity contribution in [2.24, 2.45) is 0 Å². The second kappa shape index (κ2) is 8.30. The van der Waals surface area contributed by atoms with Crippen LogP contribution in [0.1, 0.15) is 11.1 Å². The molecule has 0 spiro atoms. The zero-order chi connectivity index (χ0) is 21.1. The molecule has 1 aliphatic rings. The topological polar surface area (TPSA) is 75.7 Å². The Labute approximate surface area is 176 Å². The maximum absolute atomic E-state index is 12.8. The molecule has 154 valence electrons. The van der Waals surface area contributed by atoms with Gasteiger partial charge in [-0.05, 0) is 34.9 Å². The standard InChI is InChI=1S/C23H22N2O4S/c1-30(27,28)24-19-10-5-9-18(13-19)20-11-6-12-22-21(20)15-29-16-23(26)25(22)14-17-7-3-2-4-8-17/h2-13,24H,14-16H2,1H3. The number of carbonyl (C=O) groups excluding carboxylic acids is 1. The van der Waals surface area contributed by atoms with E-state index in [1.807, 2.05) is 54.6 Å². The summed E-state index contributed by atoms with van der Waals surface area (Å²) >= 11 is 0. The van der Waals surface area contributed by atoms with Crippen molar-refractivity contribution in [2.45, 2.75) is 13.2 Å². The van der Waals surface area contributed by atoms with Crippen molar-refractivity contribution in [3.8, 4) is 11.1 Å². The molecule has 0 fully saturated rings. The Morgan fingerprint density at radius 2 is 1.73 bits per heavy atom. The third-order valence-corrected chi connectivity index (χ3v) is 5.48. The van der Waals surface area contributed by atoms with Crippen LogP contribution in [0.3, 0.4) is 0 Å². The average Bonchev–Trinajstić information content (AvgIpc) is 2.87. The summed E-state index contributed by atoms with van der Waals surface area (Å²) in [7, 11) is -3.38. The molecule has 0 aliphatic carbocycles. The monoisotopic (exact) mass is 422 g/mol. The van der Waals surface area contributed by atoms with Crippen molar-refractivity contribution in [3.05, 3.63) is 83.9 Å². The first kappa shape index (κ1) is 20.1. The highest BCUT2D eigenvalue weighted by Gasteiger charge is 2.25. The van der Waals surface area contributed by atoms with E-state index >= 15 is 0 Å². The molecule has 0 bridgehead atoms. The molecule has 0 aromatic heterocycles. The van der Waals surface area contributed by atoms with E-state index in [0.717, 1.165) is 34.2 Å². The summed E-state index contributed by atoms with van der Waals surface area (Å²) in [6, 6.07) is 22.8. The van der Waals surface area contributed by atoms with Gasteiger partial charge in [-0.1, -0.05) is 54.6 Å². The van der Waals surface area contributed by atoms with Gasteiger partial charge in [-0.3, -0.25) is 9.52 Å². The van der Waals surface area contributed by atoms with Gasteiger partial charge in [0.1, 0.15) is 6.61 Å². The Balaban J connectivity index is 1.76. The number of anilines is 2. The van der Waals surface area contributed by atoms with Crippen LogP contribution in [-0.4, -0.2) is 27.2 Å². The zero-order valence-electron chi connectivity index (χ0n) is 16.5. The molecule has 3 aromatic rings. The lowest BCUT2D eigenvalue weighted by atomic mass is 9.97. The van der Waals surface area contributed by atoms with E-state index in [-0.39, 0.29) is 12.5 Å². The van der Waals surface area contributed by atoms with Crippen molar-refractivity contribution >= 4 is 27.3 Å². The van der Waals surface area contributed by atoms with E-state index in [4.69, 9.17) is 4.74 Å². The number of carbonyl (C=O) groups is 1. The SMILES string of the molecule is CS(=O)(=O)Nc1cccc(-c2cccc3c2COCC(=O)N3Cc2ccccc2)c1. The molecule has 6 nitrogen and oxygen atoms in total. The summed E-state index contributed by atoms with van der Waals surface area (Å²) in [5, 5.41) is 0. The fraction of sp³-hybridized carbons (Fsp3) is 0.174. The fourth-order valence-electron chi connectivity index (χ4n) is 3.61. The Bertz CT molecular complexity index is 1180. The molecule has 0 unspecified atom stereocenters. The quantitative estimate of drug-likeness (QED) is 0.679.